The fraction of sp³-hybridized carbons (Fsp3) is 0.609. The minimum absolute atomic E-state index is 0.00832. The first-order valence-corrected chi connectivity index (χ1v) is 10.6. The van der Waals surface area contributed by atoms with Gasteiger partial charge in [0.05, 0.1) is 0 Å². The number of hydrogen-bond acceptors (Lipinski definition) is 5. The van der Waals surface area contributed by atoms with Crippen LogP contribution in [0.2, 0.25) is 0 Å². The first-order chi connectivity index (χ1) is 14.2. The van der Waals surface area contributed by atoms with Crippen LogP contribution in [0.15, 0.2) is 24.3 Å². The topological polar surface area (TPSA) is 70.2 Å². The van der Waals surface area contributed by atoms with E-state index in [2.05, 4.69) is 0 Å². The van der Waals surface area contributed by atoms with Gasteiger partial charge in [0, 0.05) is 64.0 Å². The highest BCUT2D eigenvalue weighted by atomic mass is 16.5. The van der Waals surface area contributed by atoms with Crippen LogP contribution >= 0.6 is 0 Å². The van der Waals surface area contributed by atoms with Gasteiger partial charge in [-0.05, 0) is 39.2 Å². The summed E-state index contributed by atoms with van der Waals surface area (Å²) in [6, 6.07) is 7.30. The van der Waals surface area contributed by atoms with Gasteiger partial charge in [-0.1, -0.05) is 13.0 Å². The predicted octanol–water partition coefficient (Wildman–Crippen LogP) is 2.31. The molecular weight excluding hydrogens is 382 g/mol. The van der Waals surface area contributed by atoms with E-state index in [0.717, 1.165) is 19.4 Å². The molecule has 1 fully saturated rings. The summed E-state index contributed by atoms with van der Waals surface area (Å²) in [6.45, 7) is 6.04. The summed E-state index contributed by atoms with van der Waals surface area (Å²) < 4.78 is 6.11. The highest BCUT2D eigenvalue weighted by Crippen LogP contribution is 2.22. The fourth-order valence-corrected chi connectivity index (χ4v) is 3.59. The molecule has 0 spiro atoms. The quantitative estimate of drug-likeness (QED) is 0.617. The second-order valence-corrected chi connectivity index (χ2v) is 8.51. The molecule has 30 heavy (non-hydrogen) atoms. The molecule has 7 nitrogen and oxygen atoms in total. The lowest BCUT2D eigenvalue weighted by molar-refractivity contribution is -0.138. The monoisotopic (exact) mass is 417 g/mol. The van der Waals surface area contributed by atoms with Gasteiger partial charge in [-0.25, -0.2) is 0 Å². The number of amides is 2. The van der Waals surface area contributed by atoms with Crippen LogP contribution in [0, 0.1) is 5.92 Å². The van der Waals surface area contributed by atoms with E-state index in [0.29, 0.717) is 37.4 Å². The SMILES string of the molecule is CC(=O)C[C@@H](C)C(=O)N1CCC(Oc2cccc(C(=O)N(C)CCN(C)C)c2)CC1. The molecule has 1 aliphatic heterocycles. The molecule has 0 aromatic heterocycles. The zero-order chi connectivity index (χ0) is 22.3. The number of piperidine rings is 1. The van der Waals surface area contributed by atoms with Gasteiger partial charge in [-0.15, -0.1) is 0 Å². The van der Waals surface area contributed by atoms with Crippen LogP contribution in [0.3, 0.4) is 0 Å². The van der Waals surface area contributed by atoms with Crippen LogP contribution in [0.1, 0.15) is 43.5 Å². The Morgan fingerprint density at radius 1 is 1.13 bits per heavy atom. The van der Waals surface area contributed by atoms with Crippen molar-refractivity contribution in [3.63, 3.8) is 0 Å². The first kappa shape index (κ1) is 23.9. The van der Waals surface area contributed by atoms with E-state index in [-0.39, 0.29) is 29.6 Å². The molecule has 2 rings (SSSR count). The number of carbonyl (C=O) groups is 3. The average molecular weight is 418 g/mol. The lowest BCUT2D eigenvalue weighted by atomic mass is 10.0. The molecule has 0 bridgehead atoms. The molecule has 1 aromatic rings. The molecular formula is C23H35N3O4. The van der Waals surface area contributed by atoms with Crippen LogP contribution < -0.4 is 4.74 Å². The lowest BCUT2D eigenvalue weighted by Crippen LogP contribution is -2.44. The van der Waals surface area contributed by atoms with Crippen molar-refractivity contribution in [2.24, 2.45) is 5.92 Å². The molecule has 1 aromatic carbocycles. The smallest absolute Gasteiger partial charge is 0.253 e. The number of Topliss-reactive ketones (excluding diaryl/α,β-unsaturated/α-hetero) is 1. The summed E-state index contributed by atoms with van der Waals surface area (Å²) in [5.74, 6) is 0.457. The molecule has 0 saturated carbocycles. The van der Waals surface area contributed by atoms with Crippen LogP contribution in [-0.2, 0) is 9.59 Å². The third-order valence-electron chi connectivity index (χ3n) is 5.38. The van der Waals surface area contributed by atoms with E-state index in [4.69, 9.17) is 4.74 Å². The molecule has 1 heterocycles. The van der Waals surface area contributed by atoms with E-state index < -0.39 is 0 Å². The second-order valence-electron chi connectivity index (χ2n) is 8.51. The van der Waals surface area contributed by atoms with Crippen LogP contribution in [0.4, 0.5) is 0 Å². The zero-order valence-corrected chi connectivity index (χ0v) is 18.9. The van der Waals surface area contributed by atoms with Crippen molar-refractivity contribution in [2.45, 2.75) is 39.2 Å². The van der Waals surface area contributed by atoms with Crippen molar-refractivity contribution in [2.75, 3.05) is 47.3 Å². The number of carbonyl (C=O) groups excluding carboxylic acids is 3. The van der Waals surface area contributed by atoms with Gasteiger partial charge >= 0.3 is 0 Å². The van der Waals surface area contributed by atoms with Gasteiger partial charge < -0.3 is 24.2 Å². The number of ketones is 1. The lowest BCUT2D eigenvalue weighted by Gasteiger charge is -2.33. The van der Waals surface area contributed by atoms with Crippen LogP contribution in [0.25, 0.3) is 0 Å². The number of ether oxygens (including phenoxy) is 1. The second kappa shape index (κ2) is 11.1. The standard InChI is InChI=1S/C23H35N3O4/c1-17(15-18(2)27)22(28)26-11-9-20(10-12-26)30-21-8-6-7-19(16-21)23(29)25(5)14-13-24(3)4/h6-8,16-17,20H,9-15H2,1-5H3/t17-/m1/s1. The van der Waals surface area contributed by atoms with Gasteiger partial charge in [0.2, 0.25) is 5.91 Å². The Morgan fingerprint density at radius 3 is 2.40 bits per heavy atom. The number of likely N-dealkylation sites (N-methyl/N-ethyl adjacent to an activating group) is 2. The molecule has 166 valence electrons. The van der Waals surface area contributed by atoms with E-state index >= 15 is 0 Å². The Morgan fingerprint density at radius 2 is 1.80 bits per heavy atom. The fourth-order valence-electron chi connectivity index (χ4n) is 3.59. The summed E-state index contributed by atoms with van der Waals surface area (Å²) in [5.41, 5.74) is 0.611. The summed E-state index contributed by atoms with van der Waals surface area (Å²) in [7, 11) is 5.77. The van der Waals surface area contributed by atoms with Gasteiger partial charge in [0.25, 0.3) is 5.91 Å². The predicted molar refractivity (Wildman–Crippen MR) is 117 cm³/mol. The maximum Gasteiger partial charge on any atom is 0.253 e. The summed E-state index contributed by atoms with van der Waals surface area (Å²) in [5, 5.41) is 0. The van der Waals surface area contributed by atoms with Crippen molar-refractivity contribution < 1.29 is 19.1 Å². The molecule has 2 amide bonds. The molecule has 0 unspecified atom stereocenters. The van der Waals surface area contributed by atoms with E-state index in [1.807, 2.05) is 43.0 Å². The van der Waals surface area contributed by atoms with Gasteiger partial charge in [-0.3, -0.25) is 9.59 Å². The molecule has 0 radical (unpaired) electrons. The third-order valence-corrected chi connectivity index (χ3v) is 5.38. The third kappa shape index (κ3) is 7.13. The molecule has 0 aliphatic carbocycles. The average Bonchev–Trinajstić information content (AvgIpc) is 2.71. The highest BCUT2D eigenvalue weighted by molar-refractivity contribution is 5.94. The summed E-state index contributed by atoms with van der Waals surface area (Å²) in [6.07, 6.45) is 1.77. The molecule has 0 N–H and O–H groups in total. The van der Waals surface area contributed by atoms with Crippen molar-refractivity contribution in [1.82, 2.24) is 14.7 Å². The minimum atomic E-state index is -0.271. The molecule has 1 atom stereocenters. The molecule has 1 saturated heterocycles. The molecule has 1 aliphatic rings. The number of nitrogens with zero attached hydrogens (tertiary/aromatic N) is 3. The van der Waals surface area contributed by atoms with E-state index in [1.54, 1.807) is 24.1 Å². The maximum absolute atomic E-state index is 12.6. The van der Waals surface area contributed by atoms with Crippen molar-refractivity contribution in [3.05, 3.63) is 29.8 Å². The van der Waals surface area contributed by atoms with Crippen molar-refractivity contribution in [1.29, 1.82) is 0 Å². The number of likely N-dealkylation sites (tertiary alicyclic amines) is 1. The van der Waals surface area contributed by atoms with Crippen LogP contribution in [-0.4, -0.2) is 85.7 Å². The summed E-state index contributed by atoms with van der Waals surface area (Å²) >= 11 is 0. The van der Waals surface area contributed by atoms with Gasteiger partial charge in [0.1, 0.15) is 17.6 Å². The number of rotatable bonds is 9. The Kier molecular flexibility index (Phi) is 8.84. The van der Waals surface area contributed by atoms with E-state index in [9.17, 15) is 14.4 Å². The first-order valence-electron chi connectivity index (χ1n) is 10.6. The molecule has 7 heteroatoms. The minimum Gasteiger partial charge on any atom is -0.490 e. The zero-order valence-electron chi connectivity index (χ0n) is 18.9. The highest BCUT2D eigenvalue weighted by Gasteiger charge is 2.27. The number of benzene rings is 1. The normalized spacial score (nSPS) is 15.7. The number of hydrogen-bond donors (Lipinski definition) is 0. The Hall–Kier alpha value is -2.41. The van der Waals surface area contributed by atoms with Gasteiger partial charge in [0.15, 0.2) is 0 Å². The largest absolute Gasteiger partial charge is 0.490 e. The Labute approximate surface area is 180 Å². The Bertz CT molecular complexity index is 742. The van der Waals surface area contributed by atoms with Gasteiger partial charge in [-0.2, -0.15) is 0 Å². The Balaban J connectivity index is 1.88. The van der Waals surface area contributed by atoms with Crippen molar-refractivity contribution in [3.8, 4) is 5.75 Å². The summed E-state index contributed by atoms with van der Waals surface area (Å²) in [4.78, 5) is 42.0. The van der Waals surface area contributed by atoms with Crippen LogP contribution in [0.5, 0.6) is 5.75 Å². The maximum atomic E-state index is 12.6. The van der Waals surface area contributed by atoms with Crippen molar-refractivity contribution >= 4 is 17.6 Å². The van der Waals surface area contributed by atoms with E-state index in [1.165, 1.54) is 6.92 Å².